The van der Waals surface area contributed by atoms with Gasteiger partial charge in [0.05, 0.1) is 17.7 Å². The van der Waals surface area contributed by atoms with Crippen LogP contribution in [0.4, 0.5) is 29.5 Å². The molecule has 2 N–H and O–H groups in total. The second-order valence-corrected chi connectivity index (χ2v) is 12.9. The predicted octanol–water partition coefficient (Wildman–Crippen LogP) is 3.28. The lowest BCUT2D eigenvalue weighted by Gasteiger charge is -2.45. The van der Waals surface area contributed by atoms with E-state index in [1.165, 1.54) is 18.3 Å². The van der Waals surface area contributed by atoms with E-state index in [1.807, 2.05) is 0 Å². The third kappa shape index (κ3) is 6.30. The van der Waals surface area contributed by atoms with Gasteiger partial charge in [-0.15, -0.1) is 5.10 Å². The molecule has 3 saturated heterocycles. The Morgan fingerprint density at radius 2 is 1.85 bits per heavy atom. The number of sulfonamides is 1. The summed E-state index contributed by atoms with van der Waals surface area (Å²) >= 11 is 0. The number of hydrogen-bond acceptors (Lipinski definition) is 7. The summed E-state index contributed by atoms with van der Waals surface area (Å²) < 4.78 is 67.0. The maximum atomic E-state index is 13.6. The molecule has 4 heterocycles. The fourth-order valence-electron chi connectivity index (χ4n) is 6.30. The van der Waals surface area contributed by atoms with Gasteiger partial charge in [0.2, 0.25) is 10.0 Å². The number of aliphatic carboxylic acids is 1. The van der Waals surface area contributed by atoms with Crippen molar-refractivity contribution in [2.45, 2.75) is 50.4 Å². The predicted molar refractivity (Wildman–Crippen MR) is 144 cm³/mol. The molecular formula is C26H33F3N6O5S. The summed E-state index contributed by atoms with van der Waals surface area (Å²) in [6, 6.07) is 4.78. The van der Waals surface area contributed by atoms with Crippen LogP contribution in [0, 0.1) is 5.92 Å². The molecule has 3 aliphatic rings. The topological polar surface area (TPSA) is 128 Å². The second-order valence-electron chi connectivity index (χ2n) is 11.1. The fourth-order valence-corrected chi connectivity index (χ4v) is 6.78. The second kappa shape index (κ2) is 10.8. The number of hydrogen-bond donors (Lipinski definition) is 2. The number of carboxylic acid groups (broad SMARTS) is 1. The van der Waals surface area contributed by atoms with Crippen LogP contribution >= 0.6 is 0 Å². The Hall–Kier alpha value is -3.33. The first kappa shape index (κ1) is 29.2. The molecule has 2 aromatic rings. The lowest BCUT2D eigenvalue weighted by molar-refractivity contribution is -0.141. The number of anilines is 2. The van der Waals surface area contributed by atoms with Crippen LogP contribution in [0.1, 0.15) is 43.2 Å². The monoisotopic (exact) mass is 598 g/mol. The van der Waals surface area contributed by atoms with Crippen LogP contribution < -0.4 is 9.62 Å². The van der Waals surface area contributed by atoms with E-state index in [2.05, 4.69) is 14.7 Å². The third-order valence-corrected chi connectivity index (χ3v) is 9.01. The van der Waals surface area contributed by atoms with Crippen LogP contribution in [-0.4, -0.2) is 89.6 Å². The van der Waals surface area contributed by atoms with Gasteiger partial charge in [0.25, 0.3) is 0 Å². The first-order valence-electron chi connectivity index (χ1n) is 13.5. The number of rotatable bonds is 6. The van der Waals surface area contributed by atoms with E-state index in [4.69, 9.17) is 0 Å². The molecule has 224 valence electrons. The summed E-state index contributed by atoms with van der Waals surface area (Å²) in [7, 11) is -3.53. The van der Waals surface area contributed by atoms with Crippen molar-refractivity contribution in [3.8, 4) is 0 Å². The highest BCUT2D eigenvalue weighted by Crippen LogP contribution is 2.42. The minimum atomic E-state index is -4.51. The molecule has 41 heavy (non-hydrogen) atoms. The Morgan fingerprint density at radius 1 is 1.12 bits per heavy atom. The van der Waals surface area contributed by atoms with Crippen molar-refractivity contribution in [3.63, 3.8) is 0 Å². The van der Waals surface area contributed by atoms with Crippen LogP contribution in [0.2, 0.25) is 0 Å². The summed E-state index contributed by atoms with van der Waals surface area (Å²) in [4.78, 5) is 30.3. The minimum absolute atomic E-state index is 0.0521. The molecular weight excluding hydrogens is 565 g/mol. The molecule has 1 aromatic heterocycles. The fraction of sp³-hybridized carbons (Fsp3) is 0.577. The maximum Gasteiger partial charge on any atom is 0.416 e. The van der Waals surface area contributed by atoms with Crippen molar-refractivity contribution in [1.29, 1.82) is 0 Å². The first-order chi connectivity index (χ1) is 19.2. The smallest absolute Gasteiger partial charge is 0.416 e. The van der Waals surface area contributed by atoms with Gasteiger partial charge >= 0.3 is 18.2 Å². The quantitative estimate of drug-likeness (QED) is 0.519. The molecule has 0 radical (unpaired) electrons. The highest BCUT2D eigenvalue weighted by atomic mass is 32.2. The number of aromatic nitrogens is 2. The number of benzene rings is 1. The van der Waals surface area contributed by atoms with E-state index < -0.39 is 33.7 Å². The van der Waals surface area contributed by atoms with E-state index in [1.54, 1.807) is 9.80 Å². The van der Waals surface area contributed by atoms with Crippen LogP contribution in [0.25, 0.3) is 0 Å². The van der Waals surface area contributed by atoms with E-state index in [9.17, 15) is 36.3 Å². The molecule has 1 aromatic carbocycles. The number of carbonyl (C=O) groups is 2. The van der Waals surface area contributed by atoms with Gasteiger partial charge < -0.3 is 14.9 Å². The van der Waals surface area contributed by atoms with Gasteiger partial charge in [-0.2, -0.15) is 17.9 Å². The maximum absolute atomic E-state index is 13.6. The lowest BCUT2D eigenvalue weighted by Crippen LogP contribution is -2.53. The highest BCUT2D eigenvalue weighted by molar-refractivity contribution is 7.92. The molecule has 11 nitrogen and oxygen atoms in total. The Balaban J connectivity index is 1.30. The first-order valence-corrected chi connectivity index (χ1v) is 15.4. The number of amides is 1. The zero-order valence-corrected chi connectivity index (χ0v) is 23.4. The SMILES string of the molecule is CS(=O)(=O)Nc1ccn(C(=O)N2CCC3(CCCN3Cc3ccc(C(F)(F)F)cc3N3CCC(C(=O)O)C3)CC2)n1. The third-order valence-electron chi connectivity index (χ3n) is 8.43. The summed E-state index contributed by atoms with van der Waals surface area (Å²) in [6.07, 6.45) is 1.45. The zero-order valence-electron chi connectivity index (χ0n) is 22.6. The lowest BCUT2D eigenvalue weighted by atomic mass is 9.84. The molecule has 3 aliphatic heterocycles. The molecule has 15 heteroatoms. The number of likely N-dealkylation sites (tertiary alicyclic amines) is 2. The molecule has 0 aliphatic carbocycles. The van der Waals surface area contributed by atoms with Gasteiger partial charge in [0.15, 0.2) is 5.82 Å². The van der Waals surface area contributed by atoms with E-state index in [0.717, 1.165) is 48.0 Å². The molecule has 1 atom stereocenters. The van der Waals surface area contributed by atoms with Crippen LogP contribution in [0.3, 0.4) is 0 Å². The number of carboxylic acids is 1. The van der Waals surface area contributed by atoms with Gasteiger partial charge in [-0.1, -0.05) is 6.07 Å². The number of piperidine rings is 1. The Morgan fingerprint density at radius 3 is 2.49 bits per heavy atom. The molecule has 5 rings (SSSR count). The molecule has 1 unspecified atom stereocenters. The Labute approximate surface area is 235 Å². The summed E-state index contributed by atoms with van der Waals surface area (Å²) in [6.45, 7) is 2.65. The summed E-state index contributed by atoms with van der Waals surface area (Å²) in [5, 5.41) is 13.5. The van der Waals surface area contributed by atoms with Crippen LogP contribution in [-0.2, 0) is 27.5 Å². The van der Waals surface area contributed by atoms with Gasteiger partial charge in [-0.05, 0) is 56.3 Å². The van der Waals surface area contributed by atoms with Crippen molar-refractivity contribution >= 4 is 33.5 Å². The largest absolute Gasteiger partial charge is 0.481 e. The zero-order chi connectivity index (χ0) is 29.6. The van der Waals surface area contributed by atoms with E-state index in [0.29, 0.717) is 51.1 Å². The van der Waals surface area contributed by atoms with Gasteiger partial charge in [-0.3, -0.25) is 14.4 Å². The average Bonchev–Trinajstić information content (AvgIpc) is 3.64. The minimum Gasteiger partial charge on any atom is -0.481 e. The van der Waals surface area contributed by atoms with Crippen molar-refractivity contribution < 1.29 is 36.3 Å². The number of alkyl halides is 3. The van der Waals surface area contributed by atoms with Crippen molar-refractivity contribution in [1.82, 2.24) is 19.6 Å². The van der Waals surface area contributed by atoms with E-state index >= 15 is 0 Å². The van der Waals surface area contributed by atoms with Gasteiger partial charge in [0.1, 0.15) is 0 Å². The highest BCUT2D eigenvalue weighted by Gasteiger charge is 2.44. The number of nitrogens with zero attached hydrogens (tertiary/aromatic N) is 5. The van der Waals surface area contributed by atoms with Gasteiger partial charge in [-0.25, -0.2) is 13.2 Å². The Kier molecular flexibility index (Phi) is 7.70. The Bertz CT molecular complexity index is 1420. The van der Waals surface area contributed by atoms with Crippen molar-refractivity contribution in [2.75, 3.05) is 48.6 Å². The molecule has 0 bridgehead atoms. The standard InChI is InChI=1S/C26H33F3N6O5S/c1-41(39,40)31-22-6-12-35(30-22)24(38)32-13-8-25(9-14-32)7-2-10-34(25)17-18-3-4-20(26(27,28)29)15-21(18)33-11-5-19(16-33)23(36)37/h3-4,6,12,15,19H,2,5,7-11,13-14,16-17H2,1H3,(H,30,31)(H,36,37). The van der Waals surface area contributed by atoms with Crippen molar-refractivity contribution in [2.24, 2.45) is 5.92 Å². The molecule has 0 saturated carbocycles. The number of carbonyl (C=O) groups excluding carboxylic acids is 1. The van der Waals surface area contributed by atoms with Crippen molar-refractivity contribution in [3.05, 3.63) is 41.6 Å². The average molecular weight is 599 g/mol. The molecule has 1 amide bonds. The molecule has 3 fully saturated rings. The number of halogens is 3. The summed E-state index contributed by atoms with van der Waals surface area (Å²) in [5.74, 6) is -1.51. The number of nitrogens with one attached hydrogen (secondary N) is 1. The van der Waals surface area contributed by atoms with Gasteiger partial charge in [0, 0.05) is 56.2 Å². The van der Waals surface area contributed by atoms with Crippen LogP contribution in [0.5, 0.6) is 0 Å². The normalized spacial score (nSPS) is 21.5. The summed E-state index contributed by atoms with van der Waals surface area (Å²) in [5.41, 5.74) is 0.187. The van der Waals surface area contributed by atoms with E-state index in [-0.39, 0.29) is 23.9 Å². The molecule has 1 spiro atoms. The van der Waals surface area contributed by atoms with Crippen LogP contribution in [0.15, 0.2) is 30.5 Å².